The molecule has 4 nitrogen and oxygen atoms in total. The number of amides is 1. The summed E-state index contributed by atoms with van der Waals surface area (Å²) in [7, 11) is 0. The van der Waals surface area contributed by atoms with Crippen molar-refractivity contribution < 1.29 is 15.0 Å². The maximum atomic E-state index is 11.1. The molecule has 1 N–H and O–H groups in total. The molecule has 0 saturated heterocycles. The first-order chi connectivity index (χ1) is 8.16. The van der Waals surface area contributed by atoms with Crippen molar-refractivity contribution in [3.8, 4) is 0 Å². The number of carbonyl (C=O) groups excluding carboxylic acids is 1. The van der Waals surface area contributed by atoms with E-state index >= 15 is 0 Å². The lowest BCUT2D eigenvalue weighted by Gasteiger charge is -2.31. The molecule has 0 aromatic heterocycles. The van der Waals surface area contributed by atoms with Crippen LogP contribution < -0.4 is 5.11 Å². The van der Waals surface area contributed by atoms with E-state index in [-0.39, 0.29) is 12.1 Å². The Kier molecular flexibility index (Phi) is 3.64. The first kappa shape index (κ1) is 11.9. The van der Waals surface area contributed by atoms with Crippen molar-refractivity contribution in [2.45, 2.75) is 38.0 Å². The molecule has 1 aliphatic carbocycles. The predicted octanol–water partition coefficient (Wildman–Crippen LogP) is 0.745. The number of benzene rings is 1. The van der Waals surface area contributed by atoms with Crippen LogP contribution >= 0.6 is 0 Å². The average Bonchev–Trinajstić information content (AvgIpc) is 2.73. The maximum Gasteiger partial charge on any atom is 0.137 e. The Hall–Kier alpha value is -1.55. The van der Waals surface area contributed by atoms with Gasteiger partial charge in [0.1, 0.15) is 6.09 Å². The van der Waals surface area contributed by atoms with E-state index in [4.69, 9.17) is 0 Å². The molecule has 2 atom stereocenters. The minimum absolute atomic E-state index is 0.116. The molecule has 1 fully saturated rings. The lowest BCUT2D eigenvalue weighted by Crippen LogP contribution is -2.46. The van der Waals surface area contributed by atoms with Crippen LogP contribution in [-0.2, 0) is 6.54 Å². The summed E-state index contributed by atoms with van der Waals surface area (Å²) >= 11 is 0. The monoisotopic (exact) mass is 234 g/mol. The van der Waals surface area contributed by atoms with Crippen LogP contribution in [0.4, 0.5) is 4.79 Å². The minimum atomic E-state index is -1.16. The van der Waals surface area contributed by atoms with Gasteiger partial charge in [0.2, 0.25) is 0 Å². The highest BCUT2D eigenvalue weighted by Gasteiger charge is 2.28. The van der Waals surface area contributed by atoms with E-state index < -0.39 is 6.09 Å². The van der Waals surface area contributed by atoms with Crippen LogP contribution in [0, 0.1) is 0 Å². The molecule has 17 heavy (non-hydrogen) atoms. The predicted molar refractivity (Wildman–Crippen MR) is 61.0 cm³/mol. The molecule has 1 aliphatic rings. The second-order valence-electron chi connectivity index (χ2n) is 4.50. The molecule has 0 heterocycles. The van der Waals surface area contributed by atoms with E-state index in [0.717, 1.165) is 5.56 Å². The van der Waals surface area contributed by atoms with Crippen molar-refractivity contribution in [3.05, 3.63) is 35.9 Å². The molecule has 92 valence electrons. The van der Waals surface area contributed by atoms with Crippen molar-refractivity contribution in [2.75, 3.05) is 0 Å². The number of hydrogen-bond donors (Lipinski definition) is 1. The van der Waals surface area contributed by atoms with Crippen LogP contribution in [0.3, 0.4) is 0 Å². The van der Waals surface area contributed by atoms with Gasteiger partial charge in [0.05, 0.1) is 6.10 Å². The van der Waals surface area contributed by atoms with Crippen LogP contribution in [0.2, 0.25) is 0 Å². The highest BCUT2D eigenvalue weighted by atomic mass is 16.4. The molecule has 0 spiro atoms. The summed E-state index contributed by atoms with van der Waals surface area (Å²) in [6.07, 6.45) is 0.358. The number of aliphatic hydroxyl groups is 1. The van der Waals surface area contributed by atoms with Crippen molar-refractivity contribution >= 4 is 6.09 Å². The Bertz CT molecular complexity index is 380. The third-order valence-corrected chi connectivity index (χ3v) is 3.25. The number of aliphatic hydroxyl groups excluding tert-OH is 1. The summed E-state index contributed by atoms with van der Waals surface area (Å²) in [6, 6.07) is 9.32. The molecule has 2 rings (SSSR count). The average molecular weight is 234 g/mol. The zero-order valence-electron chi connectivity index (χ0n) is 9.58. The van der Waals surface area contributed by atoms with Crippen LogP contribution in [0.15, 0.2) is 30.3 Å². The van der Waals surface area contributed by atoms with Crippen molar-refractivity contribution in [1.29, 1.82) is 0 Å². The quantitative estimate of drug-likeness (QED) is 0.839. The third kappa shape index (κ3) is 2.97. The van der Waals surface area contributed by atoms with Gasteiger partial charge >= 0.3 is 0 Å². The Balaban J connectivity index is 2.05. The van der Waals surface area contributed by atoms with Crippen LogP contribution in [0.5, 0.6) is 0 Å². The minimum Gasteiger partial charge on any atom is -0.530 e. The Morgan fingerprint density at radius 3 is 2.59 bits per heavy atom. The van der Waals surface area contributed by atoms with Gasteiger partial charge in [-0.05, 0) is 24.8 Å². The first-order valence-corrected chi connectivity index (χ1v) is 5.86. The smallest absolute Gasteiger partial charge is 0.137 e. The van der Waals surface area contributed by atoms with E-state index in [2.05, 4.69) is 0 Å². The second-order valence-corrected chi connectivity index (χ2v) is 4.50. The van der Waals surface area contributed by atoms with Crippen LogP contribution in [-0.4, -0.2) is 28.2 Å². The summed E-state index contributed by atoms with van der Waals surface area (Å²) in [4.78, 5) is 12.5. The Labute approximate surface area is 100 Å². The van der Waals surface area contributed by atoms with Gasteiger partial charge in [0.25, 0.3) is 0 Å². The van der Waals surface area contributed by atoms with Crippen molar-refractivity contribution in [2.24, 2.45) is 0 Å². The summed E-state index contributed by atoms with van der Waals surface area (Å²) in [5.41, 5.74) is 0.943. The first-order valence-electron chi connectivity index (χ1n) is 5.86. The highest BCUT2D eigenvalue weighted by molar-refractivity contribution is 5.63. The molecule has 4 heteroatoms. The van der Waals surface area contributed by atoms with Gasteiger partial charge in [-0.1, -0.05) is 30.3 Å². The van der Waals surface area contributed by atoms with Gasteiger partial charge in [-0.2, -0.15) is 0 Å². The zero-order valence-corrected chi connectivity index (χ0v) is 9.58. The molecule has 0 unspecified atom stereocenters. The van der Waals surface area contributed by atoms with E-state index in [9.17, 15) is 15.0 Å². The summed E-state index contributed by atoms with van der Waals surface area (Å²) < 4.78 is 0. The molecule has 1 saturated carbocycles. The van der Waals surface area contributed by atoms with Gasteiger partial charge in [-0.25, -0.2) is 0 Å². The summed E-state index contributed by atoms with van der Waals surface area (Å²) in [6.45, 7) is 0.334. The zero-order chi connectivity index (χ0) is 12.3. The molecule has 0 aliphatic heterocycles. The lowest BCUT2D eigenvalue weighted by molar-refractivity contribution is -0.268. The molecule has 0 bridgehead atoms. The fraction of sp³-hybridized carbons (Fsp3) is 0.462. The molecular formula is C13H16NO3-. The van der Waals surface area contributed by atoms with Gasteiger partial charge in [-0.3, -0.25) is 0 Å². The molecular weight excluding hydrogens is 218 g/mol. The Morgan fingerprint density at radius 1 is 1.35 bits per heavy atom. The van der Waals surface area contributed by atoms with Gasteiger partial charge in [-0.15, -0.1) is 0 Å². The van der Waals surface area contributed by atoms with Gasteiger partial charge in [0, 0.05) is 12.6 Å². The van der Waals surface area contributed by atoms with E-state index in [0.29, 0.717) is 25.8 Å². The number of carbonyl (C=O) groups is 1. The molecule has 1 aromatic rings. The van der Waals surface area contributed by atoms with Gasteiger partial charge < -0.3 is 19.9 Å². The topological polar surface area (TPSA) is 63.6 Å². The summed E-state index contributed by atoms with van der Waals surface area (Å²) in [5.74, 6) is 0. The standard InChI is InChI=1S/C13H17NO3/c15-12-7-6-11(8-12)14(13(16)17)9-10-4-2-1-3-5-10/h1-5,11-12,15H,6-9H2,(H,16,17)/p-1/t11-,12-/m0/s1. The largest absolute Gasteiger partial charge is 0.530 e. The van der Waals surface area contributed by atoms with Gasteiger partial charge in [0.15, 0.2) is 0 Å². The van der Waals surface area contributed by atoms with Crippen LogP contribution in [0.1, 0.15) is 24.8 Å². The molecule has 1 aromatic carbocycles. The SMILES string of the molecule is O=C([O-])N(Cc1ccccc1)[C@H]1CC[C@H](O)C1. The number of nitrogens with zero attached hydrogens (tertiary/aromatic N) is 1. The number of rotatable bonds is 3. The fourth-order valence-electron chi connectivity index (χ4n) is 2.34. The normalized spacial score (nSPS) is 23.6. The Morgan fingerprint density at radius 2 is 2.06 bits per heavy atom. The maximum absolute atomic E-state index is 11.1. The summed E-state index contributed by atoms with van der Waals surface area (Å²) in [5, 5.41) is 20.6. The van der Waals surface area contributed by atoms with E-state index in [1.807, 2.05) is 30.3 Å². The van der Waals surface area contributed by atoms with Crippen molar-refractivity contribution in [3.63, 3.8) is 0 Å². The van der Waals surface area contributed by atoms with Crippen molar-refractivity contribution in [1.82, 2.24) is 4.90 Å². The highest BCUT2D eigenvalue weighted by Crippen LogP contribution is 2.25. The van der Waals surface area contributed by atoms with Crippen LogP contribution in [0.25, 0.3) is 0 Å². The molecule has 1 amide bonds. The third-order valence-electron chi connectivity index (χ3n) is 3.25. The number of carboxylic acid groups (broad SMARTS) is 1. The van der Waals surface area contributed by atoms with E-state index in [1.165, 1.54) is 4.90 Å². The second kappa shape index (κ2) is 5.19. The van der Waals surface area contributed by atoms with E-state index in [1.54, 1.807) is 0 Å². The molecule has 0 radical (unpaired) electrons. The number of hydrogen-bond acceptors (Lipinski definition) is 3. The lowest BCUT2D eigenvalue weighted by atomic mass is 10.1. The fourth-order valence-corrected chi connectivity index (χ4v) is 2.34.